The van der Waals surface area contributed by atoms with Crippen LogP contribution in [-0.2, 0) is 0 Å². The average Bonchev–Trinajstić information content (AvgIpc) is 2.38. The Kier molecular flexibility index (Phi) is 6.10. The van der Waals surface area contributed by atoms with E-state index in [1.54, 1.807) is 0 Å². The van der Waals surface area contributed by atoms with Gasteiger partial charge in [-0.3, -0.25) is 0 Å². The van der Waals surface area contributed by atoms with Gasteiger partial charge in [0.15, 0.2) is 0 Å². The zero-order valence-corrected chi connectivity index (χ0v) is 14.5. The molecule has 0 saturated heterocycles. The summed E-state index contributed by atoms with van der Waals surface area (Å²) in [5, 5.41) is 11.3. The van der Waals surface area contributed by atoms with Crippen molar-refractivity contribution in [1.82, 2.24) is 0 Å². The third-order valence-corrected chi connectivity index (χ3v) is 5.87. The van der Waals surface area contributed by atoms with E-state index in [0.717, 1.165) is 44.4 Å². The first kappa shape index (κ1) is 18.0. The van der Waals surface area contributed by atoms with Crippen LogP contribution in [0.5, 0.6) is 0 Å². The summed E-state index contributed by atoms with van der Waals surface area (Å²) < 4.78 is 0. The average molecular weight is 284 g/mol. The van der Waals surface area contributed by atoms with Crippen molar-refractivity contribution < 1.29 is 5.11 Å². The number of rotatable bonds is 6. The molecule has 20 heavy (non-hydrogen) atoms. The molecule has 1 rings (SSSR count). The summed E-state index contributed by atoms with van der Waals surface area (Å²) in [7, 11) is 0. The minimum absolute atomic E-state index is 0.0409. The number of aliphatic hydroxyl groups is 1. The summed E-state index contributed by atoms with van der Waals surface area (Å²) in [6.45, 7) is 12.0. The minimum Gasteiger partial charge on any atom is -0.389 e. The van der Waals surface area contributed by atoms with E-state index in [9.17, 15) is 5.11 Å². The van der Waals surface area contributed by atoms with Crippen molar-refractivity contribution in [2.45, 2.75) is 91.6 Å². The highest BCUT2D eigenvalue weighted by molar-refractivity contribution is 5.02. The zero-order valence-electron chi connectivity index (χ0n) is 14.5. The molecular formula is C18H37NO. The molecule has 0 aliphatic heterocycles. The summed E-state index contributed by atoms with van der Waals surface area (Å²) in [6, 6.07) is 0. The van der Waals surface area contributed by atoms with Crippen LogP contribution in [-0.4, -0.2) is 17.3 Å². The van der Waals surface area contributed by atoms with Gasteiger partial charge in [-0.05, 0) is 49.9 Å². The van der Waals surface area contributed by atoms with Crippen molar-refractivity contribution in [3.63, 3.8) is 0 Å². The zero-order chi connectivity index (χ0) is 15.4. The Morgan fingerprint density at radius 2 is 1.50 bits per heavy atom. The molecule has 0 aromatic rings. The lowest BCUT2D eigenvalue weighted by Crippen LogP contribution is -2.54. The van der Waals surface area contributed by atoms with Gasteiger partial charge >= 0.3 is 0 Å². The van der Waals surface area contributed by atoms with Crippen LogP contribution in [0.1, 0.15) is 86.0 Å². The van der Waals surface area contributed by atoms with E-state index < -0.39 is 5.60 Å². The molecule has 0 unspecified atom stereocenters. The summed E-state index contributed by atoms with van der Waals surface area (Å²) in [5.74, 6) is 0.773. The van der Waals surface area contributed by atoms with Gasteiger partial charge in [0.1, 0.15) is 0 Å². The summed E-state index contributed by atoms with van der Waals surface area (Å²) in [5.41, 5.74) is 5.97. The highest BCUT2D eigenvalue weighted by Gasteiger charge is 2.50. The van der Waals surface area contributed by atoms with Crippen molar-refractivity contribution in [1.29, 1.82) is 0 Å². The molecule has 3 N–H and O–H groups in total. The quantitative estimate of drug-likeness (QED) is 0.754. The predicted molar refractivity (Wildman–Crippen MR) is 87.7 cm³/mol. The van der Waals surface area contributed by atoms with Gasteiger partial charge in [0.05, 0.1) is 5.60 Å². The third-order valence-electron chi connectivity index (χ3n) is 5.87. The monoisotopic (exact) mass is 283 g/mol. The lowest BCUT2D eigenvalue weighted by molar-refractivity contribution is -0.121. The van der Waals surface area contributed by atoms with E-state index in [2.05, 4.69) is 34.6 Å². The highest BCUT2D eigenvalue weighted by atomic mass is 16.3. The van der Waals surface area contributed by atoms with Crippen molar-refractivity contribution in [3.8, 4) is 0 Å². The largest absolute Gasteiger partial charge is 0.389 e. The predicted octanol–water partition coefficient (Wildman–Crippen LogP) is 4.50. The van der Waals surface area contributed by atoms with Crippen LogP contribution in [0.4, 0.5) is 0 Å². The summed E-state index contributed by atoms with van der Waals surface area (Å²) in [4.78, 5) is 0. The lowest BCUT2D eigenvalue weighted by atomic mass is 9.56. The smallest absolute Gasteiger partial charge is 0.0715 e. The first-order valence-corrected chi connectivity index (χ1v) is 8.67. The molecule has 0 spiro atoms. The van der Waals surface area contributed by atoms with Crippen molar-refractivity contribution in [3.05, 3.63) is 0 Å². The van der Waals surface area contributed by atoms with Crippen molar-refractivity contribution in [2.75, 3.05) is 6.54 Å². The normalized spacial score (nSPS) is 28.6. The molecule has 0 bridgehead atoms. The van der Waals surface area contributed by atoms with Gasteiger partial charge in [-0.25, -0.2) is 0 Å². The second-order valence-corrected chi connectivity index (χ2v) is 8.16. The van der Waals surface area contributed by atoms with E-state index in [1.165, 1.54) is 12.8 Å². The van der Waals surface area contributed by atoms with Gasteiger partial charge in [0.25, 0.3) is 0 Å². The van der Waals surface area contributed by atoms with Crippen LogP contribution in [0.2, 0.25) is 0 Å². The maximum absolute atomic E-state index is 11.3. The van der Waals surface area contributed by atoms with E-state index >= 15 is 0 Å². The van der Waals surface area contributed by atoms with Gasteiger partial charge in [-0.15, -0.1) is 0 Å². The van der Waals surface area contributed by atoms with Crippen LogP contribution in [0.3, 0.4) is 0 Å². The number of hydrogen-bond donors (Lipinski definition) is 2. The number of nitrogens with two attached hydrogens (primary N) is 1. The molecular weight excluding hydrogens is 246 g/mol. The molecule has 0 amide bonds. The molecule has 2 nitrogen and oxygen atoms in total. The van der Waals surface area contributed by atoms with Crippen LogP contribution in [0.15, 0.2) is 0 Å². The first-order valence-electron chi connectivity index (χ1n) is 8.67. The molecule has 1 aliphatic rings. The maximum atomic E-state index is 11.3. The molecule has 1 saturated carbocycles. The second kappa shape index (κ2) is 6.79. The molecule has 120 valence electrons. The minimum atomic E-state index is -0.548. The Hall–Kier alpha value is -0.0800. The molecule has 1 aliphatic carbocycles. The molecule has 0 heterocycles. The van der Waals surface area contributed by atoms with Crippen LogP contribution < -0.4 is 5.73 Å². The molecule has 0 aromatic carbocycles. The summed E-state index contributed by atoms with van der Waals surface area (Å²) in [6.07, 6.45) is 8.52. The van der Waals surface area contributed by atoms with Crippen LogP contribution >= 0.6 is 0 Å². The Morgan fingerprint density at radius 3 is 1.80 bits per heavy atom. The standard InChI is InChI=1S/C18H37NO/c1-6-10-18(20,11-7-2)17(14-19)12-8-15(9-13-17)16(3,4)5/h15,20H,6-14,19H2,1-5H3. The Morgan fingerprint density at radius 1 is 1.05 bits per heavy atom. The molecule has 0 atom stereocenters. The van der Waals surface area contributed by atoms with Gasteiger partial charge in [-0.2, -0.15) is 0 Å². The van der Waals surface area contributed by atoms with Gasteiger partial charge in [0.2, 0.25) is 0 Å². The molecule has 0 radical (unpaired) electrons. The fraction of sp³-hybridized carbons (Fsp3) is 1.00. The van der Waals surface area contributed by atoms with Gasteiger partial charge in [-0.1, -0.05) is 47.5 Å². The Balaban J connectivity index is 2.88. The number of hydrogen-bond acceptors (Lipinski definition) is 2. The molecule has 1 fully saturated rings. The van der Waals surface area contributed by atoms with Crippen molar-refractivity contribution >= 4 is 0 Å². The SMILES string of the molecule is CCCC(O)(CCC)C1(CN)CCC(C(C)(C)C)CC1. The van der Waals surface area contributed by atoms with Crippen molar-refractivity contribution in [2.24, 2.45) is 22.5 Å². The molecule has 2 heteroatoms. The van der Waals surface area contributed by atoms with E-state index in [-0.39, 0.29) is 5.41 Å². The van der Waals surface area contributed by atoms with E-state index in [0.29, 0.717) is 12.0 Å². The fourth-order valence-corrected chi connectivity index (χ4v) is 4.38. The lowest BCUT2D eigenvalue weighted by Gasteiger charge is -2.52. The van der Waals surface area contributed by atoms with Crippen LogP contribution in [0.25, 0.3) is 0 Å². The Labute approximate surface area is 126 Å². The fourth-order valence-electron chi connectivity index (χ4n) is 4.38. The van der Waals surface area contributed by atoms with Gasteiger partial charge in [0, 0.05) is 12.0 Å². The highest BCUT2D eigenvalue weighted by Crippen LogP contribution is 2.52. The topological polar surface area (TPSA) is 46.2 Å². The van der Waals surface area contributed by atoms with E-state index in [4.69, 9.17) is 5.73 Å². The van der Waals surface area contributed by atoms with Crippen LogP contribution in [0, 0.1) is 16.7 Å². The Bertz CT molecular complexity index is 278. The van der Waals surface area contributed by atoms with E-state index in [1.807, 2.05) is 0 Å². The maximum Gasteiger partial charge on any atom is 0.0715 e. The molecule has 0 aromatic heterocycles. The second-order valence-electron chi connectivity index (χ2n) is 8.16. The first-order chi connectivity index (χ1) is 9.24. The van der Waals surface area contributed by atoms with Gasteiger partial charge < -0.3 is 10.8 Å². The third kappa shape index (κ3) is 3.57. The summed E-state index contributed by atoms with van der Waals surface area (Å²) >= 11 is 0.